The average Bonchev–Trinajstić information content (AvgIpc) is 2.45. The number of aryl methyl sites for hydroxylation is 1. The molecule has 2 rings (SSSR count). The second-order valence-electron chi connectivity index (χ2n) is 5.88. The minimum atomic E-state index is -3.02. The summed E-state index contributed by atoms with van der Waals surface area (Å²) >= 11 is 1.54. The molecule has 5 heteroatoms. The van der Waals surface area contributed by atoms with Gasteiger partial charge in [-0.3, -0.25) is 4.79 Å². The van der Waals surface area contributed by atoms with Crippen LogP contribution in [-0.4, -0.2) is 31.5 Å². The molecule has 1 aliphatic carbocycles. The molecule has 1 fully saturated rings. The quantitative estimate of drug-likeness (QED) is 0.779. The molecule has 0 spiro atoms. The highest BCUT2D eigenvalue weighted by Gasteiger charge is 2.32. The van der Waals surface area contributed by atoms with E-state index in [1.165, 1.54) is 11.8 Å². The molecule has 0 saturated heterocycles. The molecule has 0 aromatic heterocycles. The maximum absolute atomic E-state index is 12.3. The van der Waals surface area contributed by atoms with E-state index >= 15 is 0 Å². The molecule has 1 aromatic carbocycles. The highest BCUT2D eigenvalue weighted by Crippen LogP contribution is 2.30. The Morgan fingerprint density at radius 2 is 1.90 bits per heavy atom. The van der Waals surface area contributed by atoms with Crippen LogP contribution < -0.4 is 0 Å². The molecule has 0 aliphatic heterocycles. The molecule has 0 radical (unpaired) electrons. The van der Waals surface area contributed by atoms with Gasteiger partial charge in [0.2, 0.25) is 0 Å². The van der Waals surface area contributed by atoms with E-state index < -0.39 is 9.84 Å². The molecule has 1 saturated carbocycles. The van der Waals surface area contributed by atoms with Gasteiger partial charge in [-0.15, -0.1) is 11.8 Å². The molecular weight excluding hydrogens is 304 g/mol. The molecule has 0 heterocycles. The summed E-state index contributed by atoms with van der Waals surface area (Å²) in [4.78, 5) is 13.4. The van der Waals surface area contributed by atoms with Crippen LogP contribution in [0.15, 0.2) is 29.2 Å². The number of hydrogen-bond acceptors (Lipinski definition) is 4. The van der Waals surface area contributed by atoms with Gasteiger partial charge in [0.25, 0.3) is 0 Å². The van der Waals surface area contributed by atoms with Crippen LogP contribution in [0.4, 0.5) is 0 Å². The summed E-state index contributed by atoms with van der Waals surface area (Å²) in [5, 5.41) is -0.329. The van der Waals surface area contributed by atoms with Crippen molar-refractivity contribution in [2.24, 2.45) is 5.92 Å². The van der Waals surface area contributed by atoms with Crippen LogP contribution in [-0.2, 0) is 14.6 Å². The molecule has 2 unspecified atom stereocenters. The number of carbonyl (C=O) groups excluding carboxylic acids is 1. The SMILES string of the molecule is Cc1ccc(SCC(=O)C2CCCC(S(C)(=O)=O)C2)cc1. The first-order valence-electron chi connectivity index (χ1n) is 7.27. The van der Waals surface area contributed by atoms with Gasteiger partial charge in [-0.05, 0) is 38.3 Å². The first-order valence-corrected chi connectivity index (χ1v) is 10.2. The van der Waals surface area contributed by atoms with Crippen molar-refractivity contribution in [3.8, 4) is 0 Å². The fourth-order valence-electron chi connectivity index (χ4n) is 2.73. The van der Waals surface area contributed by atoms with Crippen molar-refractivity contribution in [2.75, 3.05) is 12.0 Å². The number of thioether (sulfide) groups is 1. The molecule has 3 nitrogen and oxygen atoms in total. The van der Waals surface area contributed by atoms with Crippen molar-refractivity contribution in [1.82, 2.24) is 0 Å². The lowest BCUT2D eigenvalue weighted by Gasteiger charge is -2.26. The van der Waals surface area contributed by atoms with E-state index in [-0.39, 0.29) is 17.0 Å². The minimum absolute atomic E-state index is 0.0866. The van der Waals surface area contributed by atoms with Crippen molar-refractivity contribution in [1.29, 1.82) is 0 Å². The zero-order valence-corrected chi connectivity index (χ0v) is 14.2. The number of hydrogen-bond donors (Lipinski definition) is 0. The van der Waals surface area contributed by atoms with Crippen LogP contribution in [0.5, 0.6) is 0 Å². The zero-order valence-electron chi connectivity index (χ0n) is 12.5. The van der Waals surface area contributed by atoms with E-state index in [9.17, 15) is 13.2 Å². The van der Waals surface area contributed by atoms with E-state index in [0.717, 1.165) is 17.7 Å². The van der Waals surface area contributed by atoms with Crippen LogP contribution in [0.25, 0.3) is 0 Å². The van der Waals surface area contributed by atoms with Gasteiger partial charge in [0.15, 0.2) is 0 Å². The molecule has 0 bridgehead atoms. The Morgan fingerprint density at radius 1 is 1.24 bits per heavy atom. The normalized spacial score (nSPS) is 23.0. The summed E-state index contributed by atoms with van der Waals surface area (Å²) in [6.45, 7) is 2.03. The van der Waals surface area contributed by atoms with Crippen molar-refractivity contribution in [3.05, 3.63) is 29.8 Å². The van der Waals surface area contributed by atoms with Gasteiger partial charge in [0.1, 0.15) is 15.6 Å². The highest BCUT2D eigenvalue weighted by atomic mass is 32.2. The second kappa shape index (κ2) is 6.97. The maximum atomic E-state index is 12.3. The summed E-state index contributed by atoms with van der Waals surface area (Å²) in [6, 6.07) is 8.11. The fraction of sp³-hybridized carbons (Fsp3) is 0.562. The Labute approximate surface area is 131 Å². The van der Waals surface area contributed by atoms with Gasteiger partial charge in [-0.1, -0.05) is 24.1 Å². The Kier molecular flexibility index (Phi) is 5.49. The third kappa shape index (κ3) is 4.85. The van der Waals surface area contributed by atoms with E-state index in [0.29, 0.717) is 18.6 Å². The summed E-state index contributed by atoms with van der Waals surface area (Å²) in [6.07, 6.45) is 4.16. The van der Waals surface area contributed by atoms with E-state index in [1.807, 2.05) is 31.2 Å². The van der Waals surface area contributed by atoms with Crippen LogP contribution in [0.2, 0.25) is 0 Å². The van der Waals surface area contributed by atoms with Crippen LogP contribution in [0.3, 0.4) is 0 Å². The number of Topliss-reactive ketones (excluding diaryl/α,β-unsaturated/α-hetero) is 1. The van der Waals surface area contributed by atoms with Gasteiger partial charge in [0, 0.05) is 17.1 Å². The van der Waals surface area contributed by atoms with Crippen molar-refractivity contribution in [3.63, 3.8) is 0 Å². The summed E-state index contributed by atoms with van der Waals surface area (Å²) in [7, 11) is -3.02. The molecule has 21 heavy (non-hydrogen) atoms. The van der Waals surface area contributed by atoms with E-state index in [1.54, 1.807) is 11.8 Å². The Balaban J connectivity index is 1.89. The van der Waals surface area contributed by atoms with Crippen LogP contribution in [0.1, 0.15) is 31.2 Å². The number of rotatable bonds is 5. The molecule has 0 N–H and O–H groups in total. The predicted octanol–water partition coefficient (Wildman–Crippen LogP) is 3.26. The number of ketones is 1. The topological polar surface area (TPSA) is 51.2 Å². The Morgan fingerprint density at radius 3 is 2.52 bits per heavy atom. The van der Waals surface area contributed by atoms with Crippen molar-refractivity contribution >= 4 is 27.4 Å². The van der Waals surface area contributed by atoms with E-state index in [2.05, 4.69) is 0 Å². The van der Waals surface area contributed by atoms with Gasteiger partial charge in [-0.2, -0.15) is 0 Å². The standard InChI is InChI=1S/C16H22O3S2/c1-12-6-8-14(9-7-12)20-11-16(17)13-4-3-5-15(10-13)21(2,18)19/h6-9,13,15H,3-5,10-11H2,1-2H3. The molecule has 1 aliphatic rings. The maximum Gasteiger partial charge on any atom is 0.150 e. The third-order valence-corrected chi connectivity index (χ3v) is 6.76. The van der Waals surface area contributed by atoms with Crippen LogP contribution in [0, 0.1) is 12.8 Å². The van der Waals surface area contributed by atoms with E-state index in [4.69, 9.17) is 0 Å². The van der Waals surface area contributed by atoms with Gasteiger partial charge >= 0.3 is 0 Å². The minimum Gasteiger partial charge on any atom is -0.298 e. The number of sulfone groups is 1. The second-order valence-corrected chi connectivity index (χ2v) is 9.26. The molecule has 1 aromatic rings. The summed E-state index contributed by atoms with van der Waals surface area (Å²) < 4.78 is 23.3. The summed E-state index contributed by atoms with van der Waals surface area (Å²) in [5.74, 6) is 0.537. The monoisotopic (exact) mass is 326 g/mol. The predicted molar refractivity (Wildman–Crippen MR) is 87.5 cm³/mol. The van der Waals surface area contributed by atoms with Crippen molar-refractivity contribution in [2.45, 2.75) is 42.8 Å². The van der Waals surface area contributed by atoms with Crippen LogP contribution >= 0.6 is 11.8 Å². The Bertz CT molecular complexity index is 590. The lowest BCUT2D eigenvalue weighted by molar-refractivity contribution is -0.121. The number of benzene rings is 1. The zero-order chi connectivity index (χ0) is 15.5. The average molecular weight is 326 g/mol. The largest absolute Gasteiger partial charge is 0.298 e. The highest BCUT2D eigenvalue weighted by molar-refractivity contribution is 8.00. The Hall–Kier alpha value is -0.810. The summed E-state index contributed by atoms with van der Waals surface area (Å²) in [5.41, 5.74) is 1.20. The van der Waals surface area contributed by atoms with Gasteiger partial charge in [0.05, 0.1) is 11.0 Å². The lowest BCUT2D eigenvalue weighted by atomic mass is 9.86. The fourth-order valence-corrected chi connectivity index (χ4v) is 4.78. The first kappa shape index (κ1) is 16.6. The molecule has 2 atom stereocenters. The molecular formula is C16H22O3S2. The lowest BCUT2D eigenvalue weighted by Crippen LogP contribution is -2.31. The smallest absolute Gasteiger partial charge is 0.150 e. The molecule has 116 valence electrons. The molecule has 0 amide bonds. The van der Waals surface area contributed by atoms with Gasteiger partial charge < -0.3 is 0 Å². The number of carbonyl (C=O) groups is 1. The first-order chi connectivity index (χ1) is 9.86. The van der Waals surface area contributed by atoms with Crippen molar-refractivity contribution < 1.29 is 13.2 Å². The van der Waals surface area contributed by atoms with Gasteiger partial charge in [-0.25, -0.2) is 8.42 Å². The third-order valence-electron chi connectivity index (χ3n) is 4.09.